The van der Waals surface area contributed by atoms with Crippen LogP contribution in [-0.4, -0.2) is 24.5 Å². The normalized spacial score (nSPS) is 11.8. The van der Waals surface area contributed by atoms with Gasteiger partial charge in [0.2, 0.25) is 5.89 Å². The number of guanidine groups is 1. The van der Waals surface area contributed by atoms with Gasteiger partial charge in [0.15, 0.2) is 5.96 Å². The van der Waals surface area contributed by atoms with Crippen LogP contribution in [0, 0.1) is 0 Å². The predicted molar refractivity (Wildman–Crippen MR) is 134 cm³/mol. The molecule has 3 aromatic rings. The van der Waals surface area contributed by atoms with Crippen LogP contribution in [0.15, 0.2) is 76.3 Å². The van der Waals surface area contributed by atoms with Gasteiger partial charge in [-0.3, -0.25) is 4.99 Å². The number of benzene rings is 2. The molecule has 1 heterocycles. The van der Waals surface area contributed by atoms with Crippen LogP contribution in [0.4, 0.5) is 0 Å². The largest absolute Gasteiger partial charge is 0.443 e. The summed E-state index contributed by atoms with van der Waals surface area (Å²) in [5.74, 6) is 2.48. The lowest BCUT2D eigenvalue weighted by Gasteiger charge is -2.20. The third-order valence-electron chi connectivity index (χ3n) is 4.80. The molecule has 5 nitrogen and oxygen atoms in total. The maximum atomic E-state index is 5.85. The van der Waals surface area contributed by atoms with Crippen LogP contribution in [0.1, 0.15) is 49.5 Å². The van der Waals surface area contributed by atoms with Gasteiger partial charge in [0.05, 0.1) is 12.7 Å². The molecule has 0 amide bonds. The zero-order chi connectivity index (χ0) is 20.7. The van der Waals surface area contributed by atoms with Gasteiger partial charge in [-0.05, 0) is 11.1 Å². The summed E-state index contributed by atoms with van der Waals surface area (Å²) in [7, 11) is 1.77. The molecule has 3 rings (SSSR count). The molecule has 0 unspecified atom stereocenters. The van der Waals surface area contributed by atoms with E-state index in [9.17, 15) is 0 Å². The van der Waals surface area contributed by atoms with Gasteiger partial charge in [0.25, 0.3) is 0 Å². The highest BCUT2D eigenvalue weighted by atomic mass is 127. The fourth-order valence-corrected chi connectivity index (χ4v) is 3.12. The molecule has 0 aliphatic rings. The van der Waals surface area contributed by atoms with Crippen LogP contribution >= 0.6 is 24.0 Å². The maximum absolute atomic E-state index is 5.85. The Morgan fingerprint density at radius 1 is 0.967 bits per heavy atom. The number of rotatable bonds is 6. The van der Waals surface area contributed by atoms with Crippen molar-refractivity contribution in [2.24, 2.45) is 4.99 Å². The molecular weight excluding hydrogens is 487 g/mol. The molecule has 0 bridgehead atoms. The van der Waals surface area contributed by atoms with E-state index >= 15 is 0 Å². The quantitative estimate of drug-likeness (QED) is 0.271. The SMILES string of the molecule is CN=C(NCc1ncc(C(C)(C)C)o1)NCC(c1ccccc1)c1ccccc1.I. The third-order valence-corrected chi connectivity index (χ3v) is 4.80. The van der Waals surface area contributed by atoms with E-state index in [0.717, 1.165) is 18.3 Å². The van der Waals surface area contributed by atoms with Crippen molar-refractivity contribution in [1.82, 2.24) is 15.6 Å². The second-order valence-electron chi connectivity index (χ2n) is 8.05. The van der Waals surface area contributed by atoms with Gasteiger partial charge in [-0.2, -0.15) is 0 Å². The van der Waals surface area contributed by atoms with Crippen LogP contribution in [-0.2, 0) is 12.0 Å². The average Bonchev–Trinajstić information content (AvgIpc) is 3.22. The lowest BCUT2D eigenvalue weighted by Crippen LogP contribution is -2.39. The van der Waals surface area contributed by atoms with E-state index in [2.05, 4.69) is 89.9 Å². The zero-order valence-electron chi connectivity index (χ0n) is 18.1. The Morgan fingerprint density at radius 3 is 2.00 bits per heavy atom. The minimum Gasteiger partial charge on any atom is -0.443 e. The van der Waals surface area contributed by atoms with Crippen molar-refractivity contribution in [3.63, 3.8) is 0 Å². The second-order valence-corrected chi connectivity index (χ2v) is 8.05. The van der Waals surface area contributed by atoms with Gasteiger partial charge < -0.3 is 15.1 Å². The van der Waals surface area contributed by atoms with E-state index in [0.29, 0.717) is 12.4 Å². The first kappa shape index (κ1) is 23.9. The molecular formula is C24H31IN4O. The summed E-state index contributed by atoms with van der Waals surface area (Å²) in [6.45, 7) is 7.54. The molecule has 0 fully saturated rings. The van der Waals surface area contributed by atoms with E-state index < -0.39 is 0 Å². The van der Waals surface area contributed by atoms with Crippen molar-refractivity contribution < 1.29 is 4.42 Å². The monoisotopic (exact) mass is 518 g/mol. The lowest BCUT2D eigenvalue weighted by molar-refractivity contribution is 0.379. The van der Waals surface area contributed by atoms with Crippen molar-refractivity contribution in [1.29, 1.82) is 0 Å². The lowest BCUT2D eigenvalue weighted by atomic mass is 9.91. The van der Waals surface area contributed by atoms with Crippen LogP contribution in [0.2, 0.25) is 0 Å². The minimum absolute atomic E-state index is 0. The number of nitrogens with one attached hydrogen (secondary N) is 2. The van der Waals surface area contributed by atoms with Gasteiger partial charge in [0, 0.05) is 24.9 Å². The van der Waals surface area contributed by atoms with Crippen molar-refractivity contribution in [2.45, 2.75) is 38.6 Å². The molecule has 0 saturated heterocycles. The van der Waals surface area contributed by atoms with Crippen LogP contribution in [0.5, 0.6) is 0 Å². The first-order valence-electron chi connectivity index (χ1n) is 9.97. The Kier molecular flexibility index (Phi) is 8.89. The smallest absolute Gasteiger partial charge is 0.213 e. The molecule has 2 aromatic carbocycles. The molecule has 0 atom stereocenters. The average molecular weight is 518 g/mol. The van der Waals surface area contributed by atoms with Crippen molar-refractivity contribution in [3.8, 4) is 0 Å². The molecule has 2 N–H and O–H groups in total. The Bertz CT molecular complexity index is 878. The summed E-state index contributed by atoms with van der Waals surface area (Å²) in [4.78, 5) is 8.71. The van der Waals surface area contributed by atoms with Gasteiger partial charge >= 0.3 is 0 Å². The molecule has 1 aromatic heterocycles. The van der Waals surface area contributed by atoms with E-state index in [1.807, 2.05) is 12.1 Å². The van der Waals surface area contributed by atoms with E-state index in [1.54, 1.807) is 13.2 Å². The summed E-state index contributed by atoms with van der Waals surface area (Å²) in [6.07, 6.45) is 1.80. The molecule has 0 radical (unpaired) electrons. The first-order valence-corrected chi connectivity index (χ1v) is 9.97. The maximum Gasteiger partial charge on any atom is 0.213 e. The van der Waals surface area contributed by atoms with Crippen LogP contribution in [0.25, 0.3) is 0 Å². The molecule has 0 aliphatic heterocycles. The van der Waals surface area contributed by atoms with Gasteiger partial charge in [-0.25, -0.2) is 4.98 Å². The molecule has 0 saturated carbocycles. The van der Waals surface area contributed by atoms with Gasteiger partial charge in [0.1, 0.15) is 5.76 Å². The second kappa shape index (κ2) is 11.2. The van der Waals surface area contributed by atoms with E-state index in [-0.39, 0.29) is 35.3 Å². The predicted octanol–water partition coefficient (Wildman–Crippen LogP) is 5.09. The van der Waals surface area contributed by atoms with Gasteiger partial charge in [-0.15, -0.1) is 24.0 Å². The van der Waals surface area contributed by atoms with Crippen LogP contribution < -0.4 is 10.6 Å². The standard InChI is InChI=1S/C24H30N4O.HI/c1-24(2,3)21-16-26-22(29-21)17-28-23(25-4)27-15-20(18-11-7-5-8-12-18)19-13-9-6-10-14-19;/h5-14,16,20H,15,17H2,1-4H3,(H2,25,27,28);1H. The number of aromatic nitrogens is 1. The highest BCUT2D eigenvalue weighted by Crippen LogP contribution is 2.24. The minimum atomic E-state index is -0.0518. The fourth-order valence-electron chi connectivity index (χ4n) is 3.12. The Morgan fingerprint density at radius 2 is 1.53 bits per heavy atom. The molecule has 30 heavy (non-hydrogen) atoms. The van der Waals surface area contributed by atoms with E-state index in [4.69, 9.17) is 4.42 Å². The number of hydrogen-bond acceptors (Lipinski definition) is 3. The number of nitrogens with zero attached hydrogens (tertiary/aromatic N) is 2. The summed E-state index contributed by atoms with van der Waals surface area (Å²) >= 11 is 0. The first-order chi connectivity index (χ1) is 14.0. The summed E-state index contributed by atoms with van der Waals surface area (Å²) in [6, 6.07) is 21.0. The fraction of sp³-hybridized carbons (Fsp3) is 0.333. The highest BCUT2D eigenvalue weighted by Gasteiger charge is 2.19. The highest BCUT2D eigenvalue weighted by molar-refractivity contribution is 14.0. The Labute approximate surface area is 196 Å². The molecule has 160 valence electrons. The van der Waals surface area contributed by atoms with Crippen LogP contribution in [0.3, 0.4) is 0 Å². The summed E-state index contributed by atoms with van der Waals surface area (Å²) in [5.41, 5.74) is 2.48. The topological polar surface area (TPSA) is 62.5 Å². The Hall–Kier alpha value is -2.35. The van der Waals surface area contributed by atoms with Crippen molar-refractivity contribution in [3.05, 3.63) is 89.6 Å². The summed E-state index contributed by atoms with van der Waals surface area (Å²) < 4.78 is 5.85. The number of hydrogen-bond donors (Lipinski definition) is 2. The number of oxazole rings is 1. The Balaban J connectivity index is 0.00000320. The third kappa shape index (κ3) is 6.58. The van der Waals surface area contributed by atoms with Crippen molar-refractivity contribution >= 4 is 29.9 Å². The zero-order valence-corrected chi connectivity index (χ0v) is 20.4. The van der Waals surface area contributed by atoms with E-state index in [1.165, 1.54) is 11.1 Å². The molecule has 0 aliphatic carbocycles. The molecule has 0 spiro atoms. The van der Waals surface area contributed by atoms with Crippen molar-refractivity contribution in [2.75, 3.05) is 13.6 Å². The molecule has 6 heteroatoms. The number of aliphatic imine (C=N–C) groups is 1. The summed E-state index contributed by atoms with van der Waals surface area (Å²) in [5, 5.41) is 6.73. The number of halogens is 1. The van der Waals surface area contributed by atoms with Gasteiger partial charge in [-0.1, -0.05) is 81.4 Å².